The van der Waals surface area contributed by atoms with Crippen molar-refractivity contribution in [2.75, 3.05) is 6.54 Å². The lowest BCUT2D eigenvalue weighted by Gasteiger charge is -2.10. The minimum Gasteiger partial charge on any atom is -0.330 e. The van der Waals surface area contributed by atoms with Crippen molar-refractivity contribution in [1.29, 1.82) is 0 Å². The Bertz CT molecular complexity index is 285. The smallest absolute Gasteiger partial charge is 0.0409 e. The summed E-state index contributed by atoms with van der Waals surface area (Å²) in [6.07, 6.45) is 5.55. The standard InChI is InChI=1S/C11H16N2/c1-9-2-3-10(13-7-9)6-11(8-12)4-5-11/h2-3,7H,4-6,8,12H2,1H3. The average molecular weight is 176 g/mol. The summed E-state index contributed by atoms with van der Waals surface area (Å²) in [6.45, 7) is 2.87. The van der Waals surface area contributed by atoms with E-state index in [2.05, 4.69) is 24.0 Å². The van der Waals surface area contributed by atoms with Gasteiger partial charge in [-0.2, -0.15) is 0 Å². The van der Waals surface area contributed by atoms with Gasteiger partial charge >= 0.3 is 0 Å². The fraction of sp³-hybridized carbons (Fsp3) is 0.545. The SMILES string of the molecule is Cc1ccc(CC2(CN)CC2)nc1. The van der Waals surface area contributed by atoms with E-state index in [4.69, 9.17) is 5.73 Å². The summed E-state index contributed by atoms with van der Waals surface area (Å²) in [5, 5.41) is 0. The van der Waals surface area contributed by atoms with E-state index >= 15 is 0 Å². The zero-order valence-corrected chi connectivity index (χ0v) is 8.09. The molecule has 0 radical (unpaired) electrons. The zero-order valence-electron chi connectivity index (χ0n) is 8.09. The molecule has 0 atom stereocenters. The van der Waals surface area contributed by atoms with Crippen LogP contribution >= 0.6 is 0 Å². The van der Waals surface area contributed by atoms with Gasteiger partial charge in [0.2, 0.25) is 0 Å². The molecule has 2 N–H and O–H groups in total. The van der Waals surface area contributed by atoms with Gasteiger partial charge in [0.1, 0.15) is 0 Å². The summed E-state index contributed by atoms with van der Waals surface area (Å²) >= 11 is 0. The number of nitrogens with two attached hydrogens (primary N) is 1. The molecule has 0 spiro atoms. The molecule has 2 heteroatoms. The van der Waals surface area contributed by atoms with Gasteiger partial charge in [0.15, 0.2) is 0 Å². The molecule has 0 unspecified atom stereocenters. The quantitative estimate of drug-likeness (QED) is 0.761. The van der Waals surface area contributed by atoms with Gasteiger partial charge in [-0.25, -0.2) is 0 Å². The maximum atomic E-state index is 5.72. The molecule has 13 heavy (non-hydrogen) atoms. The van der Waals surface area contributed by atoms with Gasteiger partial charge in [-0.1, -0.05) is 6.07 Å². The van der Waals surface area contributed by atoms with Gasteiger partial charge in [0.05, 0.1) is 0 Å². The fourth-order valence-electron chi connectivity index (χ4n) is 1.62. The molecule has 1 heterocycles. The van der Waals surface area contributed by atoms with Crippen molar-refractivity contribution in [3.63, 3.8) is 0 Å². The third-order valence-corrected chi connectivity index (χ3v) is 2.92. The summed E-state index contributed by atoms with van der Waals surface area (Å²) in [5.74, 6) is 0. The fourth-order valence-corrected chi connectivity index (χ4v) is 1.62. The van der Waals surface area contributed by atoms with E-state index in [-0.39, 0.29) is 0 Å². The number of pyridine rings is 1. The Morgan fingerprint density at radius 3 is 2.69 bits per heavy atom. The van der Waals surface area contributed by atoms with Crippen LogP contribution < -0.4 is 5.73 Å². The number of aromatic nitrogens is 1. The van der Waals surface area contributed by atoms with Crippen molar-refractivity contribution >= 4 is 0 Å². The molecule has 1 aromatic heterocycles. The highest BCUT2D eigenvalue weighted by Crippen LogP contribution is 2.46. The second kappa shape index (κ2) is 3.11. The number of rotatable bonds is 3. The third-order valence-electron chi connectivity index (χ3n) is 2.92. The maximum Gasteiger partial charge on any atom is 0.0409 e. The molecule has 0 bridgehead atoms. The molecule has 0 aromatic carbocycles. The van der Waals surface area contributed by atoms with Gasteiger partial charge < -0.3 is 5.73 Å². The first-order chi connectivity index (χ1) is 6.24. The number of hydrogen-bond acceptors (Lipinski definition) is 2. The first kappa shape index (κ1) is 8.70. The van der Waals surface area contributed by atoms with E-state index in [1.165, 1.54) is 24.1 Å². The molecule has 70 valence electrons. The molecular weight excluding hydrogens is 160 g/mol. The van der Waals surface area contributed by atoms with Gasteiger partial charge in [-0.3, -0.25) is 4.98 Å². The number of hydrogen-bond donors (Lipinski definition) is 1. The molecule has 0 saturated heterocycles. The highest BCUT2D eigenvalue weighted by Gasteiger charge is 2.41. The third kappa shape index (κ3) is 1.89. The molecule has 2 nitrogen and oxygen atoms in total. The van der Waals surface area contributed by atoms with Crippen LogP contribution in [-0.2, 0) is 6.42 Å². The number of aryl methyl sites for hydroxylation is 1. The van der Waals surface area contributed by atoms with E-state index in [1.54, 1.807) is 0 Å². The Hall–Kier alpha value is -0.890. The predicted octanol–water partition coefficient (Wildman–Crippen LogP) is 1.67. The molecule has 1 aliphatic carbocycles. The Morgan fingerprint density at radius 2 is 2.23 bits per heavy atom. The molecule has 1 aliphatic rings. The Morgan fingerprint density at radius 1 is 1.46 bits per heavy atom. The first-order valence-electron chi connectivity index (χ1n) is 4.86. The molecular formula is C11H16N2. The topological polar surface area (TPSA) is 38.9 Å². The molecule has 1 saturated carbocycles. The van der Waals surface area contributed by atoms with Crippen LogP contribution in [-0.4, -0.2) is 11.5 Å². The second-order valence-corrected chi connectivity index (χ2v) is 4.21. The zero-order chi connectivity index (χ0) is 9.31. The lowest BCUT2D eigenvalue weighted by molar-refractivity contribution is 0.514. The molecule has 0 aliphatic heterocycles. The summed E-state index contributed by atoms with van der Waals surface area (Å²) in [6, 6.07) is 4.24. The van der Waals surface area contributed by atoms with Gasteiger partial charge in [-0.15, -0.1) is 0 Å². The van der Waals surface area contributed by atoms with Crippen molar-refractivity contribution in [3.8, 4) is 0 Å². The van der Waals surface area contributed by atoms with Crippen LogP contribution in [0.2, 0.25) is 0 Å². The summed E-state index contributed by atoms with van der Waals surface area (Å²) in [4.78, 5) is 4.40. The monoisotopic (exact) mass is 176 g/mol. The number of nitrogens with zero attached hydrogens (tertiary/aromatic N) is 1. The normalized spacial score (nSPS) is 18.6. The van der Waals surface area contributed by atoms with Gasteiger partial charge in [0.25, 0.3) is 0 Å². The molecule has 2 rings (SSSR count). The molecule has 1 aromatic rings. The minimum absolute atomic E-state index is 0.405. The lowest BCUT2D eigenvalue weighted by Crippen LogP contribution is -2.18. The van der Waals surface area contributed by atoms with Crippen LogP contribution in [0.5, 0.6) is 0 Å². The van der Waals surface area contributed by atoms with E-state index in [0.717, 1.165) is 13.0 Å². The second-order valence-electron chi connectivity index (χ2n) is 4.21. The van der Waals surface area contributed by atoms with Crippen molar-refractivity contribution in [1.82, 2.24) is 4.98 Å². The highest BCUT2D eigenvalue weighted by atomic mass is 14.7. The van der Waals surface area contributed by atoms with Gasteiger partial charge in [0, 0.05) is 11.9 Å². The van der Waals surface area contributed by atoms with Crippen LogP contribution in [0.3, 0.4) is 0 Å². The Balaban J connectivity index is 2.06. The van der Waals surface area contributed by atoms with Crippen molar-refractivity contribution in [3.05, 3.63) is 29.6 Å². The van der Waals surface area contributed by atoms with E-state index in [0.29, 0.717) is 5.41 Å². The minimum atomic E-state index is 0.405. The summed E-state index contributed by atoms with van der Waals surface area (Å²) in [5.41, 5.74) is 8.54. The van der Waals surface area contributed by atoms with Crippen LogP contribution in [0.1, 0.15) is 24.1 Å². The Labute approximate surface area is 79.2 Å². The highest BCUT2D eigenvalue weighted by molar-refractivity contribution is 5.15. The lowest BCUT2D eigenvalue weighted by atomic mass is 10.00. The summed E-state index contributed by atoms with van der Waals surface area (Å²) < 4.78 is 0. The maximum absolute atomic E-state index is 5.72. The average Bonchev–Trinajstić information content (AvgIpc) is 2.90. The van der Waals surface area contributed by atoms with E-state index in [1.807, 2.05) is 6.20 Å². The predicted molar refractivity (Wildman–Crippen MR) is 53.4 cm³/mol. The van der Waals surface area contributed by atoms with Crippen LogP contribution in [0.4, 0.5) is 0 Å². The largest absolute Gasteiger partial charge is 0.330 e. The van der Waals surface area contributed by atoms with Crippen molar-refractivity contribution in [2.24, 2.45) is 11.1 Å². The van der Waals surface area contributed by atoms with Crippen LogP contribution in [0.25, 0.3) is 0 Å². The summed E-state index contributed by atoms with van der Waals surface area (Å²) in [7, 11) is 0. The van der Waals surface area contributed by atoms with E-state index < -0.39 is 0 Å². The van der Waals surface area contributed by atoms with Crippen LogP contribution in [0, 0.1) is 12.3 Å². The van der Waals surface area contributed by atoms with Crippen molar-refractivity contribution in [2.45, 2.75) is 26.2 Å². The van der Waals surface area contributed by atoms with Gasteiger partial charge in [-0.05, 0) is 49.8 Å². The Kier molecular flexibility index (Phi) is 2.08. The van der Waals surface area contributed by atoms with E-state index in [9.17, 15) is 0 Å². The van der Waals surface area contributed by atoms with Crippen molar-refractivity contribution < 1.29 is 0 Å². The van der Waals surface area contributed by atoms with Crippen LogP contribution in [0.15, 0.2) is 18.3 Å². The molecule has 0 amide bonds. The first-order valence-corrected chi connectivity index (χ1v) is 4.86. The molecule has 1 fully saturated rings.